The summed E-state index contributed by atoms with van der Waals surface area (Å²) in [5, 5.41) is 43.4. The number of aliphatic hydroxyl groups is 4. The number of rotatable bonds is 33. The number of unbranched alkanes of at least 4 members (excludes halogenated alkanes) is 22. The normalized spacial score (nSPS) is 14.7. The molecule has 0 radical (unpaired) electrons. The molecule has 0 aliphatic heterocycles. The van der Waals surface area contributed by atoms with E-state index in [0.717, 1.165) is 44.9 Å². The van der Waals surface area contributed by atoms with Crippen molar-refractivity contribution >= 4 is 5.91 Å². The molecule has 0 aliphatic carbocycles. The Hall–Kier alpha value is -0.950. The first-order chi connectivity index (χ1) is 21.0. The van der Waals surface area contributed by atoms with E-state index in [2.05, 4.69) is 31.3 Å². The minimum Gasteiger partial charge on any atom is -0.394 e. The van der Waals surface area contributed by atoms with Gasteiger partial charge in [0.25, 0.3) is 0 Å². The molecule has 0 aromatic rings. The average molecular weight is 612 g/mol. The molecular weight excluding hydrogens is 538 g/mol. The lowest BCUT2D eigenvalue weighted by molar-refractivity contribution is -0.132. The summed E-state index contributed by atoms with van der Waals surface area (Å²) in [5.41, 5.74) is 0. The third-order valence-electron chi connectivity index (χ3n) is 8.73. The van der Waals surface area contributed by atoms with Crippen molar-refractivity contribution in [1.82, 2.24) is 5.32 Å². The van der Waals surface area contributed by atoms with Crippen molar-refractivity contribution < 1.29 is 25.2 Å². The fourth-order valence-electron chi connectivity index (χ4n) is 5.69. The standard InChI is InChI=1S/C37H73NO5/c1-3-5-7-9-11-13-15-17-19-21-23-25-27-29-31-35(41)37(43)38-33(32-39)36(42)34(40)30-28-26-24-22-20-18-16-14-12-10-8-6-4-2/h13,15,33-36,39-42H,3-12,14,16-32H2,1-2H3,(H,38,43)/b15-13-. The number of allylic oxidation sites excluding steroid dienone is 2. The highest BCUT2D eigenvalue weighted by Gasteiger charge is 2.28. The van der Waals surface area contributed by atoms with E-state index in [-0.39, 0.29) is 0 Å². The zero-order valence-corrected chi connectivity index (χ0v) is 28.5. The Morgan fingerprint density at radius 2 is 0.930 bits per heavy atom. The van der Waals surface area contributed by atoms with Crippen LogP contribution in [0.1, 0.15) is 187 Å². The molecule has 0 spiro atoms. The van der Waals surface area contributed by atoms with Gasteiger partial charge in [0, 0.05) is 0 Å². The zero-order valence-electron chi connectivity index (χ0n) is 28.5. The maximum absolute atomic E-state index is 12.4. The van der Waals surface area contributed by atoms with Gasteiger partial charge in [-0.1, -0.05) is 161 Å². The first kappa shape index (κ1) is 42.0. The quantitative estimate of drug-likeness (QED) is 0.0377. The van der Waals surface area contributed by atoms with E-state index >= 15 is 0 Å². The number of nitrogens with one attached hydrogen (secondary N) is 1. The van der Waals surface area contributed by atoms with Crippen LogP contribution in [0.15, 0.2) is 12.2 Å². The molecule has 43 heavy (non-hydrogen) atoms. The molecule has 5 N–H and O–H groups in total. The van der Waals surface area contributed by atoms with Crippen LogP contribution in [-0.2, 0) is 4.79 Å². The average Bonchev–Trinajstić information content (AvgIpc) is 3.01. The van der Waals surface area contributed by atoms with Gasteiger partial charge < -0.3 is 25.7 Å². The lowest BCUT2D eigenvalue weighted by Crippen LogP contribution is -2.53. The molecule has 0 rings (SSSR count). The van der Waals surface area contributed by atoms with Crippen LogP contribution in [0.25, 0.3) is 0 Å². The Morgan fingerprint density at radius 1 is 0.558 bits per heavy atom. The van der Waals surface area contributed by atoms with Crippen molar-refractivity contribution in [3.8, 4) is 0 Å². The van der Waals surface area contributed by atoms with Gasteiger partial charge >= 0.3 is 0 Å². The van der Waals surface area contributed by atoms with E-state index < -0.39 is 36.9 Å². The second-order valence-electron chi connectivity index (χ2n) is 12.9. The predicted octanol–water partition coefficient (Wildman–Crippen LogP) is 8.67. The number of hydrogen-bond donors (Lipinski definition) is 5. The summed E-state index contributed by atoms with van der Waals surface area (Å²) in [5.74, 6) is -0.590. The van der Waals surface area contributed by atoms with Crippen molar-refractivity contribution in [2.45, 2.75) is 212 Å². The number of aliphatic hydroxyl groups excluding tert-OH is 4. The lowest BCUT2D eigenvalue weighted by atomic mass is 9.99. The first-order valence-corrected chi connectivity index (χ1v) is 18.6. The molecule has 1 amide bonds. The monoisotopic (exact) mass is 612 g/mol. The number of amides is 1. The molecule has 0 bridgehead atoms. The maximum atomic E-state index is 12.4. The van der Waals surface area contributed by atoms with Crippen molar-refractivity contribution in [2.75, 3.05) is 6.61 Å². The van der Waals surface area contributed by atoms with Crippen LogP contribution in [0.2, 0.25) is 0 Å². The van der Waals surface area contributed by atoms with Crippen LogP contribution in [0.4, 0.5) is 0 Å². The van der Waals surface area contributed by atoms with Gasteiger partial charge in [-0.15, -0.1) is 0 Å². The van der Waals surface area contributed by atoms with Crippen LogP contribution in [-0.4, -0.2) is 57.3 Å². The summed E-state index contributed by atoms with van der Waals surface area (Å²) in [7, 11) is 0. The summed E-state index contributed by atoms with van der Waals surface area (Å²) >= 11 is 0. The molecule has 6 heteroatoms. The zero-order chi connectivity index (χ0) is 31.8. The largest absolute Gasteiger partial charge is 0.394 e. The number of carbonyl (C=O) groups excluding carboxylic acids is 1. The van der Waals surface area contributed by atoms with Crippen molar-refractivity contribution in [2.24, 2.45) is 0 Å². The van der Waals surface area contributed by atoms with Gasteiger partial charge in [0.2, 0.25) is 5.91 Å². The van der Waals surface area contributed by atoms with E-state index in [9.17, 15) is 25.2 Å². The molecule has 0 aromatic heterocycles. The fourth-order valence-corrected chi connectivity index (χ4v) is 5.69. The fraction of sp³-hybridized carbons (Fsp3) is 0.919. The third kappa shape index (κ3) is 27.1. The third-order valence-corrected chi connectivity index (χ3v) is 8.73. The van der Waals surface area contributed by atoms with E-state index in [1.807, 2.05) is 0 Å². The second kappa shape index (κ2) is 32.4. The molecular formula is C37H73NO5. The molecule has 0 heterocycles. The van der Waals surface area contributed by atoms with Crippen LogP contribution < -0.4 is 5.32 Å². The van der Waals surface area contributed by atoms with Gasteiger partial charge in [-0.25, -0.2) is 0 Å². The van der Waals surface area contributed by atoms with Crippen molar-refractivity contribution in [3.05, 3.63) is 12.2 Å². The topological polar surface area (TPSA) is 110 Å². The molecule has 0 aromatic carbocycles. The molecule has 4 unspecified atom stereocenters. The number of carbonyl (C=O) groups is 1. The lowest BCUT2D eigenvalue weighted by Gasteiger charge is -2.27. The molecule has 4 atom stereocenters. The van der Waals surface area contributed by atoms with Crippen molar-refractivity contribution in [1.29, 1.82) is 0 Å². The Bertz CT molecular complexity index is 614. The maximum Gasteiger partial charge on any atom is 0.249 e. The summed E-state index contributed by atoms with van der Waals surface area (Å²) in [6.07, 6.45) is 32.2. The van der Waals surface area contributed by atoms with E-state index in [1.165, 1.54) is 116 Å². The van der Waals surface area contributed by atoms with E-state index in [1.54, 1.807) is 0 Å². The molecule has 0 saturated heterocycles. The Morgan fingerprint density at radius 3 is 1.37 bits per heavy atom. The smallest absolute Gasteiger partial charge is 0.249 e. The highest BCUT2D eigenvalue weighted by atomic mass is 16.3. The molecule has 0 fully saturated rings. The van der Waals surface area contributed by atoms with E-state index in [4.69, 9.17) is 0 Å². The van der Waals surface area contributed by atoms with Gasteiger partial charge in [0.1, 0.15) is 12.2 Å². The van der Waals surface area contributed by atoms with Crippen molar-refractivity contribution in [3.63, 3.8) is 0 Å². The molecule has 256 valence electrons. The van der Waals surface area contributed by atoms with Gasteiger partial charge in [-0.2, -0.15) is 0 Å². The second-order valence-corrected chi connectivity index (χ2v) is 12.9. The van der Waals surface area contributed by atoms with Crippen LogP contribution in [0, 0.1) is 0 Å². The predicted molar refractivity (Wildman–Crippen MR) is 182 cm³/mol. The Balaban J connectivity index is 3.83. The summed E-state index contributed by atoms with van der Waals surface area (Å²) in [4.78, 5) is 12.4. The Labute approximate surface area is 266 Å². The Kier molecular flexibility index (Phi) is 31.7. The van der Waals surface area contributed by atoms with Crippen LogP contribution in [0.5, 0.6) is 0 Å². The van der Waals surface area contributed by atoms with E-state index in [0.29, 0.717) is 12.8 Å². The molecule has 6 nitrogen and oxygen atoms in total. The highest BCUT2D eigenvalue weighted by Crippen LogP contribution is 2.16. The first-order valence-electron chi connectivity index (χ1n) is 18.6. The van der Waals surface area contributed by atoms with Gasteiger partial charge in [0.05, 0.1) is 18.8 Å². The van der Waals surface area contributed by atoms with Crippen LogP contribution >= 0.6 is 0 Å². The number of hydrogen-bond acceptors (Lipinski definition) is 5. The summed E-state index contributed by atoms with van der Waals surface area (Å²) in [6, 6.07) is -0.982. The summed E-state index contributed by atoms with van der Waals surface area (Å²) < 4.78 is 0. The van der Waals surface area contributed by atoms with Gasteiger partial charge in [-0.3, -0.25) is 4.79 Å². The SMILES string of the molecule is CCCCCC/C=C\CCCCCCCCC(O)C(=O)NC(CO)C(O)C(O)CCCCCCCCCCCCCCC. The molecule has 0 saturated carbocycles. The summed E-state index contributed by atoms with van der Waals surface area (Å²) in [6.45, 7) is 4.01. The molecule has 0 aliphatic rings. The van der Waals surface area contributed by atoms with Gasteiger partial charge in [0.15, 0.2) is 0 Å². The minimum absolute atomic E-state index is 0.363. The van der Waals surface area contributed by atoms with Crippen LogP contribution in [0.3, 0.4) is 0 Å². The minimum atomic E-state index is -1.26. The highest BCUT2D eigenvalue weighted by molar-refractivity contribution is 5.80. The van der Waals surface area contributed by atoms with Gasteiger partial charge in [-0.05, 0) is 38.5 Å².